The molecule has 0 aromatic heterocycles. The maximum Gasteiger partial charge on any atom is 0.243 e. The van der Waals surface area contributed by atoms with Crippen molar-refractivity contribution in [2.24, 2.45) is 0 Å². The molecule has 0 aliphatic carbocycles. The SMILES string of the molecule is Cc1ccccc1CN(C(=O)CCSCc1ccccc1)[C@H](Cc1ccccc1)C(=O)NC(C)(C)C. The van der Waals surface area contributed by atoms with Crippen LogP contribution in [0.5, 0.6) is 0 Å². The Morgan fingerprint density at radius 3 is 2.06 bits per heavy atom. The number of thioether (sulfide) groups is 1. The molecule has 1 atom stereocenters. The molecule has 190 valence electrons. The van der Waals surface area contributed by atoms with Crippen molar-refractivity contribution in [3.8, 4) is 0 Å². The molecule has 5 heteroatoms. The summed E-state index contributed by atoms with van der Waals surface area (Å²) in [5, 5.41) is 3.13. The van der Waals surface area contributed by atoms with Crippen LogP contribution < -0.4 is 5.32 Å². The van der Waals surface area contributed by atoms with E-state index in [-0.39, 0.29) is 11.8 Å². The summed E-state index contributed by atoms with van der Waals surface area (Å²) in [5.41, 5.74) is 4.06. The van der Waals surface area contributed by atoms with Crippen LogP contribution in [0.3, 0.4) is 0 Å². The van der Waals surface area contributed by atoms with Crippen LogP contribution in [0.2, 0.25) is 0 Å². The first-order valence-corrected chi connectivity index (χ1v) is 13.7. The van der Waals surface area contributed by atoms with E-state index in [4.69, 9.17) is 0 Å². The van der Waals surface area contributed by atoms with Crippen molar-refractivity contribution in [1.82, 2.24) is 10.2 Å². The van der Waals surface area contributed by atoms with Gasteiger partial charge in [0.2, 0.25) is 11.8 Å². The number of hydrogen-bond acceptors (Lipinski definition) is 3. The van der Waals surface area contributed by atoms with Crippen LogP contribution in [0.4, 0.5) is 0 Å². The van der Waals surface area contributed by atoms with Gasteiger partial charge in [0.15, 0.2) is 0 Å². The quantitative estimate of drug-likeness (QED) is 0.319. The van der Waals surface area contributed by atoms with E-state index in [9.17, 15) is 9.59 Å². The third-order valence-electron chi connectivity index (χ3n) is 5.94. The highest BCUT2D eigenvalue weighted by Gasteiger charge is 2.32. The lowest BCUT2D eigenvalue weighted by molar-refractivity contribution is -0.141. The topological polar surface area (TPSA) is 49.4 Å². The van der Waals surface area contributed by atoms with E-state index in [1.807, 2.05) is 87.5 Å². The van der Waals surface area contributed by atoms with Crippen molar-refractivity contribution in [1.29, 1.82) is 0 Å². The zero-order valence-corrected chi connectivity index (χ0v) is 22.7. The highest BCUT2D eigenvalue weighted by Crippen LogP contribution is 2.20. The van der Waals surface area contributed by atoms with Gasteiger partial charge in [0.05, 0.1) is 0 Å². The fourth-order valence-corrected chi connectivity index (χ4v) is 4.94. The lowest BCUT2D eigenvalue weighted by atomic mass is 9.99. The Kier molecular flexibility index (Phi) is 10.2. The minimum atomic E-state index is -0.599. The normalized spacial score (nSPS) is 12.1. The van der Waals surface area contributed by atoms with Crippen molar-refractivity contribution < 1.29 is 9.59 Å². The van der Waals surface area contributed by atoms with E-state index in [2.05, 4.69) is 30.4 Å². The van der Waals surface area contributed by atoms with E-state index < -0.39 is 11.6 Å². The van der Waals surface area contributed by atoms with Gasteiger partial charge in [-0.05, 0) is 49.9 Å². The van der Waals surface area contributed by atoms with Gasteiger partial charge in [0, 0.05) is 36.4 Å². The van der Waals surface area contributed by atoms with Crippen molar-refractivity contribution in [3.63, 3.8) is 0 Å². The number of nitrogens with one attached hydrogen (secondary N) is 1. The molecular weight excluding hydrogens is 464 g/mol. The zero-order chi connectivity index (χ0) is 26.0. The second-order valence-electron chi connectivity index (χ2n) is 10.2. The number of amides is 2. The summed E-state index contributed by atoms with van der Waals surface area (Å²) in [6.45, 7) is 8.37. The highest BCUT2D eigenvalue weighted by molar-refractivity contribution is 7.98. The van der Waals surface area contributed by atoms with Crippen LogP contribution >= 0.6 is 11.8 Å². The number of rotatable bonds is 11. The van der Waals surface area contributed by atoms with Crippen molar-refractivity contribution in [2.45, 2.75) is 64.4 Å². The number of hydrogen-bond donors (Lipinski definition) is 1. The smallest absolute Gasteiger partial charge is 0.243 e. The van der Waals surface area contributed by atoms with Crippen LogP contribution in [-0.4, -0.2) is 34.0 Å². The third-order valence-corrected chi connectivity index (χ3v) is 6.97. The molecule has 2 amide bonds. The molecule has 3 aromatic carbocycles. The summed E-state index contributed by atoms with van der Waals surface area (Å²) >= 11 is 1.75. The Labute approximate surface area is 220 Å². The molecule has 0 spiro atoms. The average molecular weight is 503 g/mol. The molecular formula is C31H38N2O2S. The Morgan fingerprint density at radius 1 is 0.861 bits per heavy atom. The summed E-state index contributed by atoms with van der Waals surface area (Å²) < 4.78 is 0. The van der Waals surface area contributed by atoms with Crippen LogP contribution in [0.1, 0.15) is 49.4 Å². The van der Waals surface area contributed by atoms with E-state index in [1.54, 1.807) is 16.7 Å². The van der Waals surface area contributed by atoms with Gasteiger partial charge in [-0.2, -0.15) is 11.8 Å². The second kappa shape index (κ2) is 13.3. The summed E-state index contributed by atoms with van der Waals surface area (Å²) in [4.78, 5) is 29.1. The summed E-state index contributed by atoms with van der Waals surface area (Å²) in [6, 6.07) is 27.7. The minimum absolute atomic E-state index is 0.00352. The molecule has 0 bridgehead atoms. The van der Waals surface area contributed by atoms with Gasteiger partial charge in [-0.15, -0.1) is 0 Å². The molecule has 3 rings (SSSR count). The van der Waals surface area contributed by atoms with Gasteiger partial charge in [-0.1, -0.05) is 84.9 Å². The van der Waals surface area contributed by atoms with Crippen LogP contribution in [0.15, 0.2) is 84.9 Å². The molecule has 0 aliphatic heterocycles. The van der Waals surface area contributed by atoms with Crippen molar-refractivity contribution >= 4 is 23.6 Å². The number of benzene rings is 3. The first-order chi connectivity index (χ1) is 17.2. The average Bonchev–Trinajstić information content (AvgIpc) is 2.85. The molecule has 0 saturated carbocycles. The number of nitrogens with zero attached hydrogens (tertiary/aromatic N) is 1. The van der Waals surface area contributed by atoms with Gasteiger partial charge in [0.25, 0.3) is 0 Å². The molecule has 0 heterocycles. The Morgan fingerprint density at radius 2 is 1.44 bits per heavy atom. The summed E-state index contributed by atoms with van der Waals surface area (Å²) in [7, 11) is 0. The maximum atomic E-state index is 13.7. The van der Waals surface area contributed by atoms with Gasteiger partial charge < -0.3 is 10.2 Å². The predicted octanol–water partition coefficient (Wildman–Crippen LogP) is 6.17. The molecule has 4 nitrogen and oxygen atoms in total. The molecule has 0 aliphatic rings. The first kappa shape index (κ1) is 27.5. The van der Waals surface area contributed by atoms with Crippen LogP contribution in [-0.2, 0) is 28.3 Å². The molecule has 0 unspecified atom stereocenters. The molecule has 0 saturated heterocycles. The zero-order valence-electron chi connectivity index (χ0n) is 21.9. The molecule has 0 fully saturated rings. The summed E-state index contributed by atoms with van der Waals surface area (Å²) in [5.74, 6) is 1.45. The monoisotopic (exact) mass is 502 g/mol. The Bertz CT molecular complexity index is 1110. The fourth-order valence-electron chi connectivity index (χ4n) is 4.05. The largest absolute Gasteiger partial charge is 0.350 e. The molecule has 3 aromatic rings. The number of carbonyl (C=O) groups is 2. The van der Waals surface area contributed by atoms with Crippen molar-refractivity contribution in [3.05, 3.63) is 107 Å². The predicted molar refractivity (Wildman–Crippen MR) is 151 cm³/mol. The standard InChI is InChI=1S/C31H38N2O2S/c1-24-13-11-12-18-27(24)22-33(29(34)19-20-36-23-26-16-9-6-10-17-26)28(30(35)32-31(2,3)4)21-25-14-7-5-8-15-25/h5-18,28H,19-23H2,1-4H3,(H,32,35)/t28-/m1/s1. The Hall–Kier alpha value is -3.05. The second-order valence-corrected chi connectivity index (χ2v) is 11.3. The van der Waals surface area contributed by atoms with Crippen LogP contribution in [0.25, 0.3) is 0 Å². The fraction of sp³-hybridized carbons (Fsp3) is 0.355. The molecule has 36 heavy (non-hydrogen) atoms. The summed E-state index contributed by atoms with van der Waals surface area (Å²) in [6.07, 6.45) is 0.856. The maximum absolute atomic E-state index is 13.7. The van der Waals surface area contributed by atoms with Gasteiger partial charge in [0.1, 0.15) is 6.04 Å². The van der Waals surface area contributed by atoms with Gasteiger partial charge in [-0.3, -0.25) is 9.59 Å². The Balaban J connectivity index is 1.83. The molecule has 1 N–H and O–H groups in total. The van der Waals surface area contributed by atoms with Gasteiger partial charge in [-0.25, -0.2) is 0 Å². The van der Waals surface area contributed by atoms with E-state index in [1.165, 1.54) is 5.56 Å². The lowest BCUT2D eigenvalue weighted by Crippen LogP contribution is -2.54. The lowest BCUT2D eigenvalue weighted by Gasteiger charge is -2.34. The van der Waals surface area contributed by atoms with E-state index >= 15 is 0 Å². The highest BCUT2D eigenvalue weighted by atomic mass is 32.2. The minimum Gasteiger partial charge on any atom is -0.350 e. The number of aryl methyl sites for hydroxylation is 1. The van der Waals surface area contributed by atoms with Crippen LogP contribution in [0, 0.1) is 6.92 Å². The van der Waals surface area contributed by atoms with Gasteiger partial charge >= 0.3 is 0 Å². The third kappa shape index (κ3) is 8.87. The van der Waals surface area contributed by atoms with Crippen molar-refractivity contribution in [2.75, 3.05) is 5.75 Å². The molecule has 0 radical (unpaired) electrons. The first-order valence-electron chi connectivity index (χ1n) is 12.5. The van der Waals surface area contributed by atoms with E-state index in [0.29, 0.717) is 25.1 Å². The van der Waals surface area contributed by atoms with E-state index in [0.717, 1.165) is 22.4 Å². The number of carbonyl (C=O) groups excluding carboxylic acids is 2.